The fraction of sp³-hybridized carbons (Fsp3) is 0.0667. The van der Waals surface area contributed by atoms with Crippen LogP contribution < -0.4 is 0 Å². The molecule has 0 fully saturated rings. The van der Waals surface area contributed by atoms with Gasteiger partial charge < -0.3 is 0 Å². The van der Waals surface area contributed by atoms with Crippen molar-refractivity contribution in [3.05, 3.63) is 161 Å². The van der Waals surface area contributed by atoms with Gasteiger partial charge in [0.25, 0.3) is 0 Å². The summed E-state index contributed by atoms with van der Waals surface area (Å²) >= 11 is 0. The summed E-state index contributed by atoms with van der Waals surface area (Å²) in [6.45, 7) is 2.16. The molecule has 5 rings (SSSR count). The van der Waals surface area contributed by atoms with Crippen LogP contribution in [0.4, 0.5) is 0 Å². The third-order valence-corrected chi connectivity index (χ3v) is 6.16. The number of rotatable bonds is 3. The van der Waals surface area contributed by atoms with E-state index in [1.165, 1.54) is 39.0 Å². The summed E-state index contributed by atoms with van der Waals surface area (Å²) in [6, 6.07) is 41.4. The zero-order chi connectivity index (χ0) is 20.4. The van der Waals surface area contributed by atoms with Crippen molar-refractivity contribution in [3.8, 4) is 0 Å². The predicted octanol–water partition coefficient (Wildman–Crippen LogP) is 7.41. The summed E-state index contributed by atoms with van der Waals surface area (Å²) in [4.78, 5) is 0. The highest BCUT2D eigenvalue weighted by atomic mass is 14.4. The molecule has 1 aliphatic rings. The van der Waals surface area contributed by atoms with Crippen molar-refractivity contribution >= 4 is 5.57 Å². The van der Waals surface area contributed by atoms with Gasteiger partial charge in [-0.3, -0.25) is 0 Å². The van der Waals surface area contributed by atoms with Gasteiger partial charge in [-0.1, -0.05) is 121 Å². The van der Waals surface area contributed by atoms with Gasteiger partial charge in [0.2, 0.25) is 0 Å². The largest absolute Gasteiger partial charge is 0.0828 e. The average molecular weight is 385 g/mol. The van der Waals surface area contributed by atoms with Gasteiger partial charge in [-0.25, -0.2) is 0 Å². The predicted molar refractivity (Wildman–Crippen MR) is 126 cm³/mol. The molecule has 0 N–H and O–H groups in total. The minimum atomic E-state index is -0.341. The maximum atomic E-state index is 2.39. The van der Waals surface area contributed by atoms with Gasteiger partial charge in [0.1, 0.15) is 0 Å². The van der Waals surface area contributed by atoms with Crippen molar-refractivity contribution in [3.63, 3.8) is 0 Å². The molecule has 0 saturated heterocycles. The molecule has 1 aliphatic carbocycles. The summed E-state index contributed by atoms with van der Waals surface area (Å²) in [7, 11) is 0. The Bertz CT molecular complexity index is 1170. The first-order chi connectivity index (χ1) is 14.9. The van der Waals surface area contributed by atoms with Gasteiger partial charge in [0.05, 0.1) is 5.41 Å². The van der Waals surface area contributed by atoms with Gasteiger partial charge >= 0.3 is 0 Å². The molecule has 0 atom stereocenters. The lowest BCUT2D eigenvalue weighted by Gasteiger charge is -2.42. The van der Waals surface area contributed by atoms with E-state index in [0.717, 1.165) is 0 Å². The van der Waals surface area contributed by atoms with E-state index in [-0.39, 0.29) is 5.41 Å². The van der Waals surface area contributed by atoms with Crippen LogP contribution in [0.25, 0.3) is 5.57 Å². The van der Waals surface area contributed by atoms with Crippen LogP contribution in [0.1, 0.15) is 34.7 Å². The molecular formula is C30H24. The molecule has 0 nitrogen and oxygen atoms in total. The standard InChI is InChI=1S/C30H24/c1-2-24-22-28(23-14-6-3-7-15-23)27-20-12-13-21-29(27)30(24,25-16-8-4-9-17-25)26-18-10-5-11-19-26/h2-22H,1H3. The van der Waals surface area contributed by atoms with Crippen LogP contribution in [-0.4, -0.2) is 0 Å². The highest BCUT2D eigenvalue weighted by Crippen LogP contribution is 2.52. The molecule has 0 aromatic heterocycles. The molecule has 30 heavy (non-hydrogen) atoms. The van der Waals surface area contributed by atoms with Crippen molar-refractivity contribution < 1.29 is 0 Å². The molecule has 144 valence electrons. The Labute approximate surface area is 178 Å². The fourth-order valence-electron chi connectivity index (χ4n) is 4.89. The minimum absolute atomic E-state index is 0.341. The topological polar surface area (TPSA) is 0 Å². The third-order valence-electron chi connectivity index (χ3n) is 6.16. The molecule has 0 aliphatic heterocycles. The summed E-state index contributed by atoms with van der Waals surface area (Å²) in [5, 5.41) is 0. The normalized spacial score (nSPS) is 16.0. The van der Waals surface area contributed by atoms with E-state index in [4.69, 9.17) is 0 Å². The Morgan fingerprint density at radius 1 is 0.567 bits per heavy atom. The molecular weight excluding hydrogens is 360 g/mol. The van der Waals surface area contributed by atoms with Gasteiger partial charge in [-0.05, 0) is 52.0 Å². The number of benzene rings is 4. The van der Waals surface area contributed by atoms with Crippen LogP contribution >= 0.6 is 0 Å². The molecule has 4 aromatic rings. The Morgan fingerprint density at radius 2 is 1.07 bits per heavy atom. The Hall–Kier alpha value is -3.64. The summed E-state index contributed by atoms with van der Waals surface area (Å²) in [5.74, 6) is 0. The maximum absolute atomic E-state index is 2.39. The summed E-state index contributed by atoms with van der Waals surface area (Å²) in [5.41, 5.74) is 8.70. The van der Waals surface area contributed by atoms with E-state index in [1.54, 1.807) is 0 Å². The lowest BCUT2D eigenvalue weighted by molar-refractivity contribution is 0.733. The van der Waals surface area contributed by atoms with E-state index < -0.39 is 0 Å². The Kier molecular flexibility index (Phi) is 4.69. The van der Waals surface area contributed by atoms with Gasteiger partial charge in [-0.2, -0.15) is 0 Å². The van der Waals surface area contributed by atoms with Crippen LogP contribution in [0.3, 0.4) is 0 Å². The minimum Gasteiger partial charge on any atom is -0.0828 e. The zero-order valence-corrected chi connectivity index (χ0v) is 17.1. The van der Waals surface area contributed by atoms with Crippen molar-refractivity contribution in [2.45, 2.75) is 12.3 Å². The first kappa shape index (κ1) is 18.4. The Morgan fingerprint density at radius 3 is 1.63 bits per heavy atom. The summed E-state index contributed by atoms with van der Waals surface area (Å²) in [6.07, 6.45) is 4.66. The first-order valence-electron chi connectivity index (χ1n) is 10.5. The number of hydrogen-bond donors (Lipinski definition) is 0. The second-order valence-electron chi connectivity index (χ2n) is 7.70. The molecule has 0 saturated carbocycles. The number of fused-ring (bicyclic) bond motifs is 1. The molecule has 4 aromatic carbocycles. The van der Waals surface area contributed by atoms with Crippen LogP contribution in [0, 0.1) is 0 Å². The molecule has 0 amide bonds. The SMILES string of the molecule is CC=C1C=C(c2ccccc2)c2ccccc2C1(c1ccccc1)c1ccccc1. The van der Waals surface area contributed by atoms with Crippen molar-refractivity contribution in [2.75, 3.05) is 0 Å². The van der Waals surface area contributed by atoms with Gasteiger partial charge in [-0.15, -0.1) is 0 Å². The third kappa shape index (κ3) is 2.76. The highest BCUT2D eigenvalue weighted by Gasteiger charge is 2.43. The van der Waals surface area contributed by atoms with Crippen molar-refractivity contribution in [1.82, 2.24) is 0 Å². The summed E-state index contributed by atoms with van der Waals surface area (Å²) < 4.78 is 0. The first-order valence-corrected chi connectivity index (χ1v) is 10.5. The van der Waals surface area contributed by atoms with E-state index in [0.29, 0.717) is 0 Å². The van der Waals surface area contributed by atoms with Crippen molar-refractivity contribution in [1.29, 1.82) is 0 Å². The Balaban J connectivity index is 1.90. The zero-order valence-electron chi connectivity index (χ0n) is 17.1. The lowest BCUT2D eigenvalue weighted by Crippen LogP contribution is -2.34. The van der Waals surface area contributed by atoms with Gasteiger partial charge in [0, 0.05) is 0 Å². The second-order valence-corrected chi connectivity index (χ2v) is 7.70. The molecule has 0 spiro atoms. The quantitative estimate of drug-likeness (QED) is 0.345. The maximum Gasteiger partial charge on any atom is 0.0704 e. The lowest BCUT2D eigenvalue weighted by atomic mass is 9.60. The van der Waals surface area contributed by atoms with E-state index >= 15 is 0 Å². The fourth-order valence-corrected chi connectivity index (χ4v) is 4.89. The van der Waals surface area contributed by atoms with E-state index in [2.05, 4.69) is 134 Å². The molecule has 0 heteroatoms. The number of hydrogen-bond acceptors (Lipinski definition) is 0. The molecule has 0 unspecified atom stereocenters. The van der Waals surface area contributed by atoms with E-state index in [1.807, 2.05) is 0 Å². The molecule has 0 heterocycles. The van der Waals surface area contributed by atoms with Crippen LogP contribution in [0.2, 0.25) is 0 Å². The molecule has 0 radical (unpaired) electrons. The van der Waals surface area contributed by atoms with E-state index in [9.17, 15) is 0 Å². The molecule has 0 bridgehead atoms. The van der Waals surface area contributed by atoms with Gasteiger partial charge in [0.15, 0.2) is 0 Å². The van der Waals surface area contributed by atoms with Crippen LogP contribution in [-0.2, 0) is 5.41 Å². The number of allylic oxidation sites excluding steroid dienone is 3. The smallest absolute Gasteiger partial charge is 0.0704 e. The van der Waals surface area contributed by atoms with Crippen LogP contribution in [0.15, 0.2) is 133 Å². The second kappa shape index (κ2) is 7.65. The van der Waals surface area contributed by atoms with Crippen molar-refractivity contribution in [2.24, 2.45) is 0 Å². The average Bonchev–Trinajstić information content (AvgIpc) is 2.84. The highest BCUT2D eigenvalue weighted by molar-refractivity contribution is 5.89. The van der Waals surface area contributed by atoms with Crippen LogP contribution in [0.5, 0.6) is 0 Å². The monoisotopic (exact) mass is 384 g/mol.